The quantitative estimate of drug-likeness (QED) is 0.839. The molecule has 146 valence electrons. The molecule has 7 heteroatoms. The molecule has 1 N–H and O–H groups in total. The van der Waals surface area contributed by atoms with Crippen molar-refractivity contribution in [2.75, 3.05) is 18.4 Å². The van der Waals surface area contributed by atoms with Crippen molar-refractivity contribution in [2.24, 2.45) is 5.92 Å². The second-order valence-electron chi connectivity index (χ2n) is 7.04. The Hall–Kier alpha value is -2.69. The van der Waals surface area contributed by atoms with E-state index in [4.69, 9.17) is 5.26 Å². The van der Waals surface area contributed by atoms with Crippen LogP contribution in [0.3, 0.4) is 0 Å². The Labute approximate surface area is 165 Å². The number of anilines is 1. The van der Waals surface area contributed by atoms with E-state index in [2.05, 4.69) is 11.4 Å². The van der Waals surface area contributed by atoms with Gasteiger partial charge in [0.1, 0.15) is 0 Å². The summed E-state index contributed by atoms with van der Waals surface area (Å²) < 4.78 is 27.2. The maximum atomic E-state index is 12.9. The highest BCUT2D eigenvalue weighted by atomic mass is 32.2. The van der Waals surface area contributed by atoms with Crippen molar-refractivity contribution < 1.29 is 13.2 Å². The van der Waals surface area contributed by atoms with E-state index < -0.39 is 15.9 Å². The molecule has 2 aromatic carbocycles. The Morgan fingerprint density at radius 1 is 1.18 bits per heavy atom. The number of nitrogens with zero attached hydrogens (tertiary/aromatic N) is 2. The maximum absolute atomic E-state index is 12.9. The third-order valence-electron chi connectivity index (χ3n) is 4.92. The third kappa shape index (κ3) is 4.58. The Morgan fingerprint density at radius 3 is 2.50 bits per heavy atom. The Kier molecular flexibility index (Phi) is 6.12. The molecule has 1 atom stereocenters. The molecule has 1 aliphatic rings. The number of nitriles is 1. The lowest BCUT2D eigenvalue weighted by molar-refractivity contribution is -0.120. The molecule has 28 heavy (non-hydrogen) atoms. The fourth-order valence-corrected chi connectivity index (χ4v) is 4.80. The number of piperidine rings is 1. The topological polar surface area (TPSA) is 90.3 Å². The zero-order chi connectivity index (χ0) is 20.1. The fraction of sp³-hybridized carbons (Fsp3) is 0.333. The van der Waals surface area contributed by atoms with Crippen LogP contribution < -0.4 is 5.32 Å². The van der Waals surface area contributed by atoms with Crippen LogP contribution in [0.4, 0.5) is 5.69 Å². The van der Waals surface area contributed by atoms with Crippen LogP contribution >= 0.6 is 0 Å². The maximum Gasteiger partial charge on any atom is 0.243 e. The molecule has 0 aromatic heterocycles. The number of sulfonamides is 1. The highest BCUT2D eigenvalue weighted by Gasteiger charge is 2.33. The van der Waals surface area contributed by atoms with Crippen LogP contribution in [-0.4, -0.2) is 31.7 Å². The lowest BCUT2D eigenvalue weighted by atomic mass is 9.98. The van der Waals surface area contributed by atoms with E-state index >= 15 is 0 Å². The summed E-state index contributed by atoms with van der Waals surface area (Å²) in [7, 11) is -3.61. The van der Waals surface area contributed by atoms with Crippen molar-refractivity contribution in [3.05, 3.63) is 59.7 Å². The van der Waals surface area contributed by atoms with Crippen LogP contribution in [-0.2, 0) is 21.2 Å². The molecule has 0 radical (unpaired) electrons. The van der Waals surface area contributed by atoms with Gasteiger partial charge in [0.15, 0.2) is 0 Å². The van der Waals surface area contributed by atoms with Crippen molar-refractivity contribution in [2.45, 2.75) is 31.1 Å². The monoisotopic (exact) mass is 397 g/mol. The van der Waals surface area contributed by atoms with Crippen LogP contribution in [0.1, 0.15) is 24.0 Å². The average molecular weight is 398 g/mol. The molecule has 6 nitrogen and oxygen atoms in total. The first kappa shape index (κ1) is 20.1. The van der Waals surface area contributed by atoms with Crippen molar-refractivity contribution in [1.29, 1.82) is 5.26 Å². The molecule has 1 unspecified atom stereocenters. The molecular weight excluding hydrogens is 374 g/mol. The van der Waals surface area contributed by atoms with Gasteiger partial charge in [-0.25, -0.2) is 8.42 Å². The summed E-state index contributed by atoms with van der Waals surface area (Å²) >= 11 is 0. The number of benzene rings is 2. The Morgan fingerprint density at radius 2 is 1.86 bits per heavy atom. The molecule has 1 saturated heterocycles. The van der Waals surface area contributed by atoms with Gasteiger partial charge in [0.05, 0.1) is 23.3 Å². The largest absolute Gasteiger partial charge is 0.326 e. The summed E-state index contributed by atoms with van der Waals surface area (Å²) in [6, 6.07) is 16.0. The minimum absolute atomic E-state index is 0.175. The summed E-state index contributed by atoms with van der Waals surface area (Å²) in [5.41, 5.74) is 2.52. The van der Waals surface area contributed by atoms with Crippen LogP contribution in [0.15, 0.2) is 53.4 Å². The number of hydrogen-bond acceptors (Lipinski definition) is 4. The number of hydrogen-bond donors (Lipinski definition) is 1. The number of amides is 1. The van der Waals surface area contributed by atoms with Crippen molar-refractivity contribution in [3.8, 4) is 6.07 Å². The van der Waals surface area contributed by atoms with Crippen LogP contribution in [0, 0.1) is 24.2 Å². The van der Waals surface area contributed by atoms with Gasteiger partial charge in [-0.05, 0) is 49.6 Å². The molecule has 2 aromatic rings. The average Bonchev–Trinajstić information content (AvgIpc) is 2.70. The first-order chi connectivity index (χ1) is 13.4. The molecule has 1 aliphatic heterocycles. The molecule has 0 aliphatic carbocycles. The van der Waals surface area contributed by atoms with Gasteiger partial charge in [-0.1, -0.05) is 29.8 Å². The van der Waals surface area contributed by atoms with Crippen molar-refractivity contribution >= 4 is 21.6 Å². The molecule has 1 fully saturated rings. The number of rotatable bonds is 5. The van der Waals surface area contributed by atoms with Gasteiger partial charge in [-0.2, -0.15) is 9.57 Å². The van der Waals surface area contributed by atoms with Crippen LogP contribution in [0.5, 0.6) is 0 Å². The number of nitrogens with one attached hydrogen (secondary N) is 1. The Bertz CT molecular complexity index is 977. The van der Waals surface area contributed by atoms with E-state index in [-0.39, 0.29) is 17.3 Å². The molecular formula is C21H23N3O3S. The number of carbonyl (C=O) groups is 1. The van der Waals surface area contributed by atoms with Gasteiger partial charge in [-0.3, -0.25) is 4.79 Å². The summed E-state index contributed by atoms with van der Waals surface area (Å²) in [5.74, 6) is -0.579. The van der Waals surface area contributed by atoms with E-state index in [9.17, 15) is 13.2 Å². The van der Waals surface area contributed by atoms with Crippen molar-refractivity contribution in [3.63, 3.8) is 0 Å². The van der Waals surface area contributed by atoms with E-state index in [0.717, 1.165) is 11.1 Å². The van der Waals surface area contributed by atoms with Gasteiger partial charge >= 0.3 is 0 Å². The zero-order valence-corrected chi connectivity index (χ0v) is 16.6. The number of aryl methyl sites for hydroxylation is 1. The Balaban J connectivity index is 1.67. The predicted octanol–water partition coefficient (Wildman–Crippen LogP) is 3.10. The molecule has 1 amide bonds. The molecule has 0 bridgehead atoms. The van der Waals surface area contributed by atoms with Crippen molar-refractivity contribution in [1.82, 2.24) is 4.31 Å². The summed E-state index contributed by atoms with van der Waals surface area (Å²) in [5, 5.41) is 11.6. The van der Waals surface area contributed by atoms with Gasteiger partial charge in [0.25, 0.3) is 0 Å². The minimum atomic E-state index is -3.61. The standard InChI is InChI=1S/C21H23N3O3S/c1-16-4-10-20(11-5-16)28(26,27)24-14-2-3-18(15-24)21(25)23-19-8-6-17(7-9-19)12-13-22/h4-11,18H,2-3,12,14-15H2,1H3,(H,23,25). The van der Waals surface area contributed by atoms with E-state index in [1.165, 1.54) is 4.31 Å². The third-order valence-corrected chi connectivity index (χ3v) is 6.80. The summed E-state index contributed by atoms with van der Waals surface area (Å²) in [6.45, 7) is 2.50. The van der Waals surface area contributed by atoms with Gasteiger partial charge in [-0.15, -0.1) is 0 Å². The van der Waals surface area contributed by atoms with Crippen LogP contribution in [0.25, 0.3) is 0 Å². The fourth-order valence-electron chi connectivity index (χ4n) is 3.28. The second kappa shape index (κ2) is 8.55. The molecule has 1 heterocycles. The van der Waals surface area contributed by atoms with Gasteiger partial charge < -0.3 is 5.32 Å². The molecule has 3 rings (SSSR count). The van der Waals surface area contributed by atoms with Crippen LogP contribution in [0.2, 0.25) is 0 Å². The van der Waals surface area contributed by atoms with Gasteiger partial charge in [0, 0.05) is 18.8 Å². The molecule has 0 saturated carbocycles. The van der Waals surface area contributed by atoms with E-state index in [1.54, 1.807) is 48.5 Å². The second-order valence-corrected chi connectivity index (χ2v) is 8.97. The minimum Gasteiger partial charge on any atom is -0.326 e. The SMILES string of the molecule is Cc1ccc(S(=O)(=O)N2CCCC(C(=O)Nc3ccc(CC#N)cc3)C2)cc1. The predicted molar refractivity (Wildman–Crippen MR) is 107 cm³/mol. The first-order valence-corrected chi connectivity index (χ1v) is 10.7. The highest BCUT2D eigenvalue weighted by molar-refractivity contribution is 7.89. The molecule has 0 spiro atoms. The van der Waals surface area contributed by atoms with Gasteiger partial charge in [0.2, 0.25) is 15.9 Å². The summed E-state index contributed by atoms with van der Waals surface area (Å²) in [6.07, 6.45) is 1.62. The normalized spacial score (nSPS) is 17.6. The number of carbonyl (C=O) groups excluding carboxylic acids is 1. The smallest absolute Gasteiger partial charge is 0.243 e. The lowest BCUT2D eigenvalue weighted by Gasteiger charge is -2.31. The lowest BCUT2D eigenvalue weighted by Crippen LogP contribution is -2.43. The first-order valence-electron chi connectivity index (χ1n) is 9.24. The zero-order valence-electron chi connectivity index (χ0n) is 15.8. The van der Waals surface area contributed by atoms with E-state index in [1.807, 2.05) is 6.92 Å². The highest BCUT2D eigenvalue weighted by Crippen LogP contribution is 2.25. The summed E-state index contributed by atoms with van der Waals surface area (Å²) in [4.78, 5) is 12.9. The van der Waals surface area contributed by atoms with E-state index in [0.29, 0.717) is 31.5 Å².